The summed E-state index contributed by atoms with van der Waals surface area (Å²) in [6.45, 7) is 10.3. The lowest BCUT2D eigenvalue weighted by Crippen LogP contribution is -2.38. The van der Waals surface area contributed by atoms with Gasteiger partial charge in [-0.2, -0.15) is 0 Å². The van der Waals surface area contributed by atoms with Crippen molar-refractivity contribution in [1.29, 1.82) is 0 Å². The van der Waals surface area contributed by atoms with Crippen molar-refractivity contribution >= 4 is 28.8 Å². The molecule has 1 saturated heterocycles. The Balaban J connectivity index is 1.92. The third-order valence-electron chi connectivity index (χ3n) is 5.05. The highest BCUT2D eigenvalue weighted by Gasteiger charge is 2.22. The second-order valence-electron chi connectivity index (χ2n) is 9.23. The smallest absolute Gasteiger partial charge is 0.340 e. The largest absolute Gasteiger partial charge is 0.493 e. The van der Waals surface area contributed by atoms with E-state index < -0.39 is 11.6 Å². The molecule has 0 N–H and O–H groups in total. The Morgan fingerprint density at radius 2 is 1.79 bits per heavy atom. The van der Waals surface area contributed by atoms with Gasteiger partial charge in [-0.3, -0.25) is 4.90 Å². The molecule has 1 aliphatic rings. The molecule has 3 rings (SSSR count). The number of hydrogen-bond donors (Lipinski definition) is 0. The summed E-state index contributed by atoms with van der Waals surface area (Å²) in [6.07, 6.45) is 1.66. The van der Waals surface area contributed by atoms with Crippen LogP contribution in [0.4, 0.5) is 5.69 Å². The number of methoxy groups -OCH3 is 1. The number of morpholine rings is 1. The number of hydrogen-bond acceptors (Lipinski definition) is 7. The fourth-order valence-electron chi connectivity index (χ4n) is 3.46. The van der Waals surface area contributed by atoms with Crippen molar-refractivity contribution in [3.63, 3.8) is 0 Å². The van der Waals surface area contributed by atoms with Gasteiger partial charge in [0.1, 0.15) is 12.2 Å². The Bertz CT molecular complexity index is 992. The summed E-state index contributed by atoms with van der Waals surface area (Å²) in [6, 6.07) is 7.49. The third kappa shape index (κ3) is 7.07. The van der Waals surface area contributed by atoms with Gasteiger partial charge < -0.3 is 23.8 Å². The molecule has 180 valence electrons. The molecule has 0 spiro atoms. The number of benzene rings is 2. The fraction of sp³-hybridized carbons (Fsp3) is 0.520. The number of carbonyl (C=O) groups is 1. The van der Waals surface area contributed by atoms with Crippen LogP contribution in [0.2, 0.25) is 0 Å². The number of ether oxygens (including phenoxy) is 4. The predicted octanol–water partition coefficient (Wildman–Crippen LogP) is 3.74. The van der Waals surface area contributed by atoms with E-state index in [-0.39, 0.29) is 0 Å². The SMILES string of the molecule is COc1cc2cc(C(=O)OC(C)(C)C)c(/N=C/N(C)C)cc2cc1OCCN1CCOCC1. The van der Waals surface area contributed by atoms with Crippen molar-refractivity contribution in [1.82, 2.24) is 9.80 Å². The van der Waals surface area contributed by atoms with E-state index in [9.17, 15) is 4.79 Å². The van der Waals surface area contributed by atoms with Gasteiger partial charge in [-0.05, 0) is 55.8 Å². The first-order valence-electron chi connectivity index (χ1n) is 11.2. The molecule has 0 aromatic heterocycles. The Hall–Kier alpha value is -2.84. The normalized spacial score (nSPS) is 15.1. The van der Waals surface area contributed by atoms with E-state index >= 15 is 0 Å². The molecule has 0 radical (unpaired) electrons. The van der Waals surface area contributed by atoms with Gasteiger partial charge in [0.25, 0.3) is 0 Å². The van der Waals surface area contributed by atoms with Crippen LogP contribution in [0.25, 0.3) is 10.8 Å². The van der Waals surface area contributed by atoms with Crippen LogP contribution in [0, 0.1) is 0 Å². The Labute approximate surface area is 196 Å². The van der Waals surface area contributed by atoms with E-state index in [0.29, 0.717) is 29.4 Å². The highest BCUT2D eigenvalue weighted by atomic mass is 16.6. The molecule has 0 amide bonds. The van der Waals surface area contributed by atoms with Gasteiger partial charge >= 0.3 is 5.97 Å². The molecule has 0 bridgehead atoms. The average molecular weight is 458 g/mol. The van der Waals surface area contributed by atoms with Crippen LogP contribution in [0.1, 0.15) is 31.1 Å². The number of carbonyl (C=O) groups excluding carboxylic acids is 1. The minimum Gasteiger partial charge on any atom is -0.493 e. The van der Waals surface area contributed by atoms with Gasteiger partial charge in [0.05, 0.1) is 37.9 Å². The summed E-state index contributed by atoms with van der Waals surface area (Å²) >= 11 is 0. The van der Waals surface area contributed by atoms with Crippen LogP contribution >= 0.6 is 0 Å². The maximum atomic E-state index is 12.9. The second-order valence-corrected chi connectivity index (χ2v) is 9.23. The summed E-state index contributed by atoms with van der Waals surface area (Å²) in [7, 11) is 5.37. The molecule has 0 atom stereocenters. The first-order valence-corrected chi connectivity index (χ1v) is 11.2. The van der Waals surface area contributed by atoms with Gasteiger partial charge in [-0.15, -0.1) is 0 Å². The second kappa shape index (κ2) is 10.9. The molecule has 33 heavy (non-hydrogen) atoms. The van der Waals surface area contributed by atoms with Crippen LogP contribution in [0.3, 0.4) is 0 Å². The fourth-order valence-corrected chi connectivity index (χ4v) is 3.46. The van der Waals surface area contributed by atoms with Gasteiger partial charge in [-0.1, -0.05) is 0 Å². The summed E-state index contributed by atoms with van der Waals surface area (Å²) in [5.74, 6) is 0.857. The zero-order chi connectivity index (χ0) is 24.0. The van der Waals surface area contributed by atoms with Crippen LogP contribution in [0.15, 0.2) is 29.3 Å². The van der Waals surface area contributed by atoms with Gasteiger partial charge in [0.15, 0.2) is 11.5 Å². The molecule has 1 heterocycles. The molecular weight excluding hydrogens is 422 g/mol. The summed E-state index contributed by atoms with van der Waals surface area (Å²) < 4.78 is 22.7. The number of rotatable bonds is 8. The minimum atomic E-state index is -0.607. The molecule has 2 aromatic rings. The highest BCUT2D eigenvalue weighted by Crippen LogP contribution is 2.36. The lowest BCUT2D eigenvalue weighted by molar-refractivity contribution is 0.00707. The lowest BCUT2D eigenvalue weighted by atomic mass is 10.0. The average Bonchev–Trinajstić information content (AvgIpc) is 2.76. The van der Waals surface area contributed by atoms with Crippen LogP contribution in [-0.2, 0) is 9.47 Å². The minimum absolute atomic E-state index is 0.401. The number of nitrogens with zero attached hydrogens (tertiary/aromatic N) is 3. The summed E-state index contributed by atoms with van der Waals surface area (Å²) in [5.41, 5.74) is 0.332. The number of aliphatic imine (C=N–C) groups is 1. The van der Waals surface area contributed by atoms with Crippen molar-refractivity contribution in [3.8, 4) is 11.5 Å². The van der Waals surface area contributed by atoms with Gasteiger partial charge in [0, 0.05) is 33.7 Å². The van der Waals surface area contributed by atoms with Crippen molar-refractivity contribution in [2.75, 3.05) is 60.7 Å². The zero-order valence-electron chi connectivity index (χ0n) is 20.5. The lowest BCUT2D eigenvalue weighted by Gasteiger charge is -2.26. The van der Waals surface area contributed by atoms with Crippen LogP contribution in [0.5, 0.6) is 11.5 Å². The first-order chi connectivity index (χ1) is 15.7. The molecule has 0 aliphatic carbocycles. The molecule has 0 saturated carbocycles. The topological polar surface area (TPSA) is 72.8 Å². The standard InChI is InChI=1S/C25H35N3O5/c1-25(2,3)33-24(29)20-13-18-15-22(30-6)23(32-12-9-28-7-10-31-11-8-28)16-19(18)14-21(20)26-17-27(4)5/h13-17H,7-12H2,1-6H3/b26-17+. The van der Waals surface area contributed by atoms with E-state index in [2.05, 4.69) is 9.89 Å². The van der Waals surface area contributed by atoms with Crippen molar-refractivity contribution in [2.45, 2.75) is 26.4 Å². The van der Waals surface area contributed by atoms with E-state index in [0.717, 1.165) is 43.6 Å². The maximum absolute atomic E-state index is 12.9. The number of esters is 1. The van der Waals surface area contributed by atoms with E-state index in [1.54, 1.807) is 19.5 Å². The van der Waals surface area contributed by atoms with E-state index in [1.807, 2.05) is 58.0 Å². The number of fused-ring (bicyclic) bond motifs is 1. The van der Waals surface area contributed by atoms with Gasteiger partial charge in [-0.25, -0.2) is 9.79 Å². The van der Waals surface area contributed by atoms with Gasteiger partial charge in [0.2, 0.25) is 0 Å². The Morgan fingerprint density at radius 3 is 2.42 bits per heavy atom. The molecule has 0 unspecified atom stereocenters. The van der Waals surface area contributed by atoms with Crippen molar-refractivity contribution in [3.05, 3.63) is 29.8 Å². The Morgan fingerprint density at radius 1 is 1.12 bits per heavy atom. The zero-order valence-corrected chi connectivity index (χ0v) is 20.5. The predicted molar refractivity (Wildman–Crippen MR) is 130 cm³/mol. The van der Waals surface area contributed by atoms with Crippen molar-refractivity contribution < 1.29 is 23.7 Å². The molecule has 8 nitrogen and oxygen atoms in total. The summed E-state index contributed by atoms with van der Waals surface area (Å²) in [4.78, 5) is 21.5. The maximum Gasteiger partial charge on any atom is 0.340 e. The van der Waals surface area contributed by atoms with E-state index in [4.69, 9.17) is 18.9 Å². The van der Waals surface area contributed by atoms with Crippen LogP contribution < -0.4 is 9.47 Å². The summed E-state index contributed by atoms with van der Waals surface area (Å²) in [5, 5.41) is 1.74. The molecule has 8 heteroatoms. The Kier molecular flexibility index (Phi) is 8.15. The quantitative estimate of drug-likeness (QED) is 0.340. The highest BCUT2D eigenvalue weighted by molar-refractivity contribution is 6.02. The monoisotopic (exact) mass is 457 g/mol. The van der Waals surface area contributed by atoms with Crippen LogP contribution in [-0.4, -0.2) is 88.4 Å². The van der Waals surface area contributed by atoms with E-state index in [1.165, 1.54) is 0 Å². The van der Waals surface area contributed by atoms with Crippen molar-refractivity contribution in [2.24, 2.45) is 4.99 Å². The molecule has 1 aliphatic heterocycles. The third-order valence-corrected chi connectivity index (χ3v) is 5.05. The molecular formula is C25H35N3O5. The molecule has 1 fully saturated rings. The first kappa shape index (κ1) is 24.8. The molecule has 2 aromatic carbocycles.